The molecule has 29 heavy (non-hydrogen) atoms. The largest absolute Gasteiger partial charge is 0.372 e. The normalized spacial score (nSPS) is 13.3. The molecule has 1 fully saturated rings. The van der Waals surface area contributed by atoms with Crippen LogP contribution in [0.25, 0.3) is 11.3 Å². The van der Waals surface area contributed by atoms with E-state index in [4.69, 9.17) is 11.6 Å². The molecule has 2 aromatic carbocycles. The van der Waals surface area contributed by atoms with Crippen LogP contribution in [-0.4, -0.2) is 29.3 Å². The molecule has 0 unspecified atom stereocenters. The second-order valence-corrected chi connectivity index (χ2v) is 7.98. The number of nitrogens with one attached hydrogen (secondary N) is 1. The van der Waals surface area contributed by atoms with Gasteiger partial charge in [-0.25, -0.2) is 9.97 Å². The Morgan fingerprint density at radius 1 is 1.03 bits per heavy atom. The van der Waals surface area contributed by atoms with Crippen LogP contribution in [0.1, 0.15) is 18.4 Å². The Kier molecular flexibility index (Phi) is 5.89. The van der Waals surface area contributed by atoms with E-state index in [0.717, 1.165) is 24.3 Å². The van der Waals surface area contributed by atoms with Crippen LogP contribution in [0.3, 0.4) is 0 Å². The summed E-state index contributed by atoms with van der Waals surface area (Å²) in [5.74, 6) is 0.505. The molecule has 0 saturated carbocycles. The Morgan fingerprint density at radius 2 is 1.72 bits per heavy atom. The van der Waals surface area contributed by atoms with Crippen molar-refractivity contribution in [1.29, 1.82) is 5.26 Å². The predicted octanol–water partition coefficient (Wildman–Crippen LogP) is 5.73. The molecule has 0 bridgehead atoms. The molecule has 1 aliphatic heterocycles. The number of thioether (sulfide) groups is 1. The van der Waals surface area contributed by atoms with E-state index in [2.05, 4.69) is 38.4 Å². The first-order valence-electron chi connectivity index (χ1n) is 9.42. The first-order valence-corrected chi connectivity index (χ1v) is 11.0. The summed E-state index contributed by atoms with van der Waals surface area (Å²) in [6.07, 6.45) is 4.41. The molecule has 0 atom stereocenters. The van der Waals surface area contributed by atoms with E-state index in [-0.39, 0.29) is 0 Å². The second kappa shape index (κ2) is 8.73. The van der Waals surface area contributed by atoms with Crippen molar-refractivity contribution in [2.75, 3.05) is 29.6 Å². The highest BCUT2D eigenvalue weighted by molar-refractivity contribution is 7.98. The number of nitrogens with zero attached hydrogens (tertiary/aromatic N) is 4. The van der Waals surface area contributed by atoms with Gasteiger partial charge in [-0.15, -0.1) is 0 Å². The van der Waals surface area contributed by atoms with Crippen LogP contribution >= 0.6 is 23.4 Å². The molecule has 4 rings (SSSR count). The molecule has 1 aliphatic rings. The molecule has 0 aliphatic carbocycles. The van der Waals surface area contributed by atoms with Crippen molar-refractivity contribution in [3.8, 4) is 17.3 Å². The smallest absolute Gasteiger partial charge is 0.189 e. The Balaban J connectivity index is 1.68. The fourth-order valence-corrected chi connectivity index (χ4v) is 3.90. The summed E-state index contributed by atoms with van der Waals surface area (Å²) in [7, 11) is 0. The number of aromatic nitrogens is 2. The minimum Gasteiger partial charge on any atom is -0.372 e. The number of rotatable bonds is 5. The van der Waals surface area contributed by atoms with Crippen LogP contribution in [0, 0.1) is 11.3 Å². The Hall–Kier alpha value is -2.75. The summed E-state index contributed by atoms with van der Waals surface area (Å²) in [5, 5.41) is 14.4. The van der Waals surface area contributed by atoms with Crippen molar-refractivity contribution < 1.29 is 0 Å². The van der Waals surface area contributed by atoms with Gasteiger partial charge in [0.2, 0.25) is 0 Å². The monoisotopic (exact) mass is 421 g/mol. The molecule has 1 aromatic heterocycles. The highest BCUT2D eigenvalue weighted by Gasteiger charge is 2.17. The predicted molar refractivity (Wildman–Crippen MR) is 120 cm³/mol. The fraction of sp³-hybridized carbons (Fsp3) is 0.227. The van der Waals surface area contributed by atoms with E-state index in [1.807, 2.05) is 30.5 Å². The van der Waals surface area contributed by atoms with E-state index in [1.165, 1.54) is 30.3 Å². The molecule has 0 amide bonds. The van der Waals surface area contributed by atoms with Gasteiger partial charge >= 0.3 is 0 Å². The van der Waals surface area contributed by atoms with Gasteiger partial charge in [0.25, 0.3) is 0 Å². The minimum atomic E-state index is 0.411. The number of halogens is 1. The molecule has 1 N–H and O–H groups in total. The second-order valence-electron chi connectivity index (χ2n) is 6.77. The molecular weight excluding hydrogens is 402 g/mol. The molecule has 0 radical (unpaired) electrons. The number of nitriles is 1. The van der Waals surface area contributed by atoms with E-state index in [9.17, 15) is 5.26 Å². The average Bonchev–Trinajstić information content (AvgIpc) is 3.29. The van der Waals surface area contributed by atoms with Gasteiger partial charge in [-0.2, -0.15) is 5.26 Å². The van der Waals surface area contributed by atoms with Crippen molar-refractivity contribution in [2.24, 2.45) is 0 Å². The van der Waals surface area contributed by atoms with Crippen molar-refractivity contribution in [3.63, 3.8) is 0 Å². The zero-order valence-corrected chi connectivity index (χ0v) is 17.6. The first-order chi connectivity index (χ1) is 14.2. The molecule has 1 saturated heterocycles. The third kappa shape index (κ3) is 4.31. The maximum absolute atomic E-state index is 9.83. The van der Waals surface area contributed by atoms with Gasteiger partial charge in [0.15, 0.2) is 11.0 Å². The van der Waals surface area contributed by atoms with E-state index >= 15 is 0 Å². The lowest BCUT2D eigenvalue weighted by molar-refractivity contribution is 0.949. The zero-order valence-electron chi connectivity index (χ0n) is 16.0. The highest BCUT2D eigenvalue weighted by Crippen LogP contribution is 2.31. The quantitative estimate of drug-likeness (QED) is 0.419. The van der Waals surface area contributed by atoms with Gasteiger partial charge in [0, 0.05) is 35.1 Å². The summed E-state index contributed by atoms with van der Waals surface area (Å²) < 4.78 is 0. The van der Waals surface area contributed by atoms with Crippen molar-refractivity contribution in [2.45, 2.75) is 18.0 Å². The van der Waals surface area contributed by atoms with Crippen LogP contribution in [0.2, 0.25) is 5.02 Å². The maximum Gasteiger partial charge on any atom is 0.189 e. The number of hydrogen-bond donors (Lipinski definition) is 1. The Morgan fingerprint density at radius 3 is 2.34 bits per heavy atom. The first kappa shape index (κ1) is 19.6. The summed E-state index contributed by atoms with van der Waals surface area (Å²) in [4.78, 5) is 11.5. The standard InChI is InChI=1S/C22H20ClN5S/c1-29-22-26-20(15-4-6-16(23)7-5-15)19(14-24)21(27-22)25-17-8-10-18(11-9-17)28-12-2-3-13-28/h4-11H,2-3,12-13H2,1H3,(H,25,26,27). The number of hydrogen-bond acceptors (Lipinski definition) is 6. The maximum atomic E-state index is 9.83. The van der Waals surface area contributed by atoms with Crippen molar-refractivity contribution in [1.82, 2.24) is 9.97 Å². The van der Waals surface area contributed by atoms with Crippen LogP contribution in [-0.2, 0) is 0 Å². The molecule has 7 heteroatoms. The Bertz CT molecular complexity index is 1040. The molecule has 0 spiro atoms. The summed E-state index contributed by atoms with van der Waals surface area (Å²) in [6, 6.07) is 17.9. The summed E-state index contributed by atoms with van der Waals surface area (Å²) in [6.45, 7) is 2.22. The lowest BCUT2D eigenvalue weighted by Crippen LogP contribution is -2.17. The van der Waals surface area contributed by atoms with Gasteiger partial charge < -0.3 is 10.2 Å². The van der Waals surface area contributed by atoms with E-state index < -0.39 is 0 Å². The van der Waals surface area contributed by atoms with Crippen LogP contribution < -0.4 is 10.2 Å². The summed E-state index contributed by atoms with van der Waals surface area (Å²) >= 11 is 7.45. The van der Waals surface area contributed by atoms with Gasteiger partial charge in [-0.05, 0) is 55.5 Å². The van der Waals surface area contributed by atoms with Crippen LogP contribution in [0.15, 0.2) is 53.7 Å². The van der Waals surface area contributed by atoms with Crippen molar-refractivity contribution >= 4 is 40.6 Å². The fourth-order valence-electron chi connectivity index (χ4n) is 3.41. The third-order valence-corrected chi connectivity index (χ3v) is 5.70. The van der Waals surface area contributed by atoms with Gasteiger partial charge in [0.05, 0.1) is 5.69 Å². The van der Waals surface area contributed by atoms with Gasteiger partial charge in [0.1, 0.15) is 11.6 Å². The molecule has 5 nitrogen and oxygen atoms in total. The van der Waals surface area contributed by atoms with Crippen LogP contribution in [0.4, 0.5) is 17.2 Å². The SMILES string of the molecule is CSc1nc(Nc2ccc(N3CCCC3)cc2)c(C#N)c(-c2ccc(Cl)cc2)n1. The molecule has 2 heterocycles. The summed E-state index contributed by atoms with van der Waals surface area (Å²) in [5.41, 5.74) is 3.95. The van der Waals surface area contributed by atoms with Gasteiger partial charge in [-0.3, -0.25) is 0 Å². The molecule has 146 valence electrons. The van der Waals surface area contributed by atoms with Crippen molar-refractivity contribution in [3.05, 3.63) is 59.1 Å². The zero-order chi connectivity index (χ0) is 20.2. The lowest BCUT2D eigenvalue weighted by Gasteiger charge is -2.18. The number of anilines is 3. The van der Waals surface area contributed by atoms with Crippen LogP contribution in [0.5, 0.6) is 0 Å². The topological polar surface area (TPSA) is 64.8 Å². The Labute approximate surface area is 179 Å². The number of benzene rings is 2. The van der Waals surface area contributed by atoms with E-state index in [1.54, 1.807) is 12.1 Å². The lowest BCUT2D eigenvalue weighted by atomic mass is 10.1. The molecular formula is C22H20ClN5S. The minimum absolute atomic E-state index is 0.411. The van der Waals surface area contributed by atoms with Gasteiger partial charge in [-0.1, -0.05) is 35.5 Å². The molecule has 3 aromatic rings. The third-order valence-electron chi connectivity index (χ3n) is 4.90. The van der Waals surface area contributed by atoms with E-state index in [0.29, 0.717) is 27.3 Å². The highest BCUT2D eigenvalue weighted by atomic mass is 35.5. The average molecular weight is 422 g/mol.